The van der Waals surface area contributed by atoms with Crippen LogP contribution >= 0.6 is 0 Å². The van der Waals surface area contributed by atoms with E-state index < -0.39 is 5.97 Å². The minimum Gasteiger partial charge on any atom is -0.478 e. The number of carboxylic acids is 1. The number of carbonyl (C=O) groups is 2. The van der Waals surface area contributed by atoms with E-state index in [0.717, 1.165) is 0 Å². The van der Waals surface area contributed by atoms with Crippen LogP contribution in [-0.4, -0.2) is 41.9 Å². The first-order valence-electron chi connectivity index (χ1n) is 8.39. The normalized spacial score (nSPS) is 11.4. The Hall–Kier alpha value is -2.38. The van der Waals surface area contributed by atoms with Gasteiger partial charge in [-0.1, -0.05) is 30.9 Å². The Morgan fingerprint density at radius 3 is 2.52 bits per heavy atom. The fourth-order valence-electron chi connectivity index (χ4n) is 2.22. The zero-order valence-corrected chi connectivity index (χ0v) is 15.7. The zero-order valence-electron chi connectivity index (χ0n) is 15.7. The number of aromatic carboxylic acids is 1. The average molecular weight is 341 g/mol. The highest BCUT2D eigenvalue weighted by Gasteiger charge is 2.14. The summed E-state index contributed by atoms with van der Waals surface area (Å²) in [6.07, 6.45) is 4.31. The number of carbonyl (C=O) groups excluding carboxylic acids is 1. The number of hydrogen-bond donors (Lipinski definition) is 1. The van der Waals surface area contributed by atoms with Crippen molar-refractivity contribution in [2.75, 3.05) is 20.1 Å². The van der Waals surface area contributed by atoms with Crippen molar-refractivity contribution in [3.63, 3.8) is 0 Å². The molecule has 4 nitrogen and oxygen atoms in total. The summed E-state index contributed by atoms with van der Waals surface area (Å²) in [6.45, 7) is 8.94. The fourth-order valence-corrected chi connectivity index (χ4v) is 2.22. The van der Waals surface area contributed by atoms with Gasteiger partial charge in [0.05, 0.1) is 12.1 Å². The monoisotopic (exact) mass is 341 g/mol. The maximum Gasteiger partial charge on any atom is 0.335 e. The van der Waals surface area contributed by atoms with E-state index in [1.165, 1.54) is 6.07 Å². The number of Topliss-reactive ketones (excluding diaryl/α,β-unsaturated/α-hetero) is 1. The van der Waals surface area contributed by atoms with Crippen LogP contribution in [0.4, 0.5) is 0 Å². The predicted molar refractivity (Wildman–Crippen MR) is 101 cm³/mol. The lowest BCUT2D eigenvalue weighted by Gasteiger charge is -2.14. The third-order valence-electron chi connectivity index (χ3n) is 3.52. The minimum absolute atomic E-state index is 0.0225. The van der Waals surface area contributed by atoms with Crippen LogP contribution in [-0.2, 0) is 6.42 Å². The number of ketones is 1. The molecule has 0 heterocycles. The van der Waals surface area contributed by atoms with E-state index in [-0.39, 0.29) is 23.3 Å². The topological polar surface area (TPSA) is 57.6 Å². The molecule has 4 heteroatoms. The third-order valence-corrected chi connectivity index (χ3v) is 3.52. The molecule has 1 aromatic rings. The number of allylic oxidation sites excluding steroid dienone is 1. The van der Waals surface area contributed by atoms with Gasteiger partial charge in [-0.2, -0.15) is 0 Å². The first-order valence-corrected chi connectivity index (χ1v) is 8.39. The molecule has 0 fully saturated rings. The predicted octanol–water partition coefficient (Wildman–Crippen LogP) is 3.67. The molecule has 25 heavy (non-hydrogen) atoms. The molecule has 0 spiro atoms. The maximum atomic E-state index is 12.4. The highest BCUT2D eigenvalue weighted by atomic mass is 16.4. The molecular formula is C21H27NO3. The zero-order chi connectivity index (χ0) is 19.0. The lowest BCUT2D eigenvalue weighted by molar-refractivity contribution is 0.0695. The van der Waals surface area contributed by atoms with E-state index in [1.54, 1.807) is 12.1 Å². The molecule has 0 saturated carbocycles. The van der Waals surface area contributed by atoms with Gasteiger partial charge in [-0.05, 0) is 58.0 Å². The molecule has 1 N–H and O–H groups in total. The lowest BCUT2D eigenvalue weighted by atomic mass is 9.98. The van der Waals surface area contributed by atoms with E-state index in [2.05, 4.69) is 32.6 Å². The van der Waals surface area contributed by atoms with Crippen LogP contribution in [0.5, 0.6) is 0 Å². The fraction of sp³-hybridized carbons (Fsp3) is 0.429. The number of likely N-dealkylation sites (N-methyl/N-ethyl adjacent to an activating group) is 1. The molecule has 0 aliphatic heterocycles. The molecule has 0 saturated heterocycles. The Morgan fingerprint density at radius 2 is 1.96 bits per heavy atom. The van der Waals surface area contributed by atoms with Crippen LogP contribution in [0.1, 0.15) is 54.0 Å². The van der Waals surface area contributed by atoms with Crippen molar-refractivity contribution in [3.8, 4) is 11.8 Å². The van der Waals surface area contributed by atoms with Gasteiger partial charge in [0.15, 0.2) is 5.78 Å². The summed E-state index contributed by atoms with van der Waals surface area (Å²) in [7, 11) is 1.87. The molecule has 0 aliphatic rings. The summed E-state index contributed by atoms with van der Waals surface area (Å²) < 4.78 is 0. The van der Waals surface area contributed by atoms with Crippen LogP contribution in [0.2, 0.25) is 0 Å². The molecule has 0 amide bonds. The first kappa shape index (κ1) is 20.7. The Morgan fingerprint density at radius 1 is 1.28 bits per heavy atom. The molecule has 0 aliphatic carbocycles. The summed E-state index contributed by atoms with van der Waals surface area (Å²) >= 11 is 0. The number of carboxylic acid groups (broad SMARTS) is 1. The SMILES string of the molecule is CCc1cc(C(=O)CN(C)CC=CC#CC(C)(C)C)ccc1C(=O)O. The first-order chi connectivity index (χ1) is 11.6. The van der Waals surface area contributed by atoms with Crippen molar-refractivity contribution < 1.29 is 14.7 Å². The highest BCUT2D eigenvalue weighted by Crippen LogP contribution is 2.14. The van der Waals surface area contributed by atoms with Gasteiger partial charge in [0, 0.05) is 17.5 Å². The van der Waals surface area contributed by atoms with Gasteiger partial charge in [0.25, 0.3) is 0 Å². The van der Waals surface area contributed by atoms with Crippen molar-refractivity contribution in [3.05, 3.63) is 47.0 Å². The highest BCUT2D eigenvalue weighted by molar-refractivity contribution is 5.99. The molecule has 0 atom stereocenters. The van der Waals surface area contributed by atoms with E-state index in [9.17, 15) is 9.59 Å². The molecular weight excluding hydrogens is 314 g/mol. The second kappa shape index (κ2) is 9.19. The smallest absolute Gasteiger partial charge is 0.335 e. The van der Waals surface area contributed by atoms with Crippen LogP contribution in [0.3, 0.4) is 0 Å². The van der Waals surface area contributed by atoms with Gasteiger partial charge in [0.1, 0.15) is 0 Å². The molecule has 0 radical (unpaired) electrons. The number of aryl methyl sites for hydroxylation is 1. The summed E-state index contributed by atoms with van der Waals surface area (Å²) in [5.74, 6) is 5.13. The second-order valence-corrected chi connectivity index (χ2v) is 7.07. The standard InChI is InChI=1S/C21H27NO3/c1-6-16-14-17(10-11-18(16)20(24)25)19(23)15-22(5)13-9-7-8-12-21(2,3)4/h7,9-11,14H,6,13,15H2,1-5H3,(H,24,25). The van der Waals surface area contributed by atoms with Crippen molar-refractivity contribution >= 4 is 11.8 Å². The van der Waals surface area contributed by atoms with E-state index >= 15 is 0 Å². The quantitative estimate of drug-likeness (QED) is 0.607. The number of nitrogens with zero attached hydrogens (tertiary/aromatic N) is 1. The lowest BCUT2D eigenvalue weighted by Crippen LogP contribution is -2.26. The maximum absolute atomic E-state index is 12.4. The molecule has 0 unspecified atom stereocenters. The van der Waals surface area contributed by atoms with Crippen LogP contribution in [0.15, 0.2) is 30.4 Å². The summed E-state index contributed by atoms with van der Waals surface area (Å²) in [5, 5.41) is 9.15. The minimum atomic E-state index is -0.963. The van der Waals surface area contributed by atoms with Crippen molar-refractivity contribution in [1.29, 1.82) is 0 Å². The van der Waals surface area contributed by atoms with Crippen molar-refractivity contribution in [1.82, 2.24) is 4.90 Å². The van der Waals surface area contributed by atoms with Crippen molar-refractivity contribution in [2.45, 2.75) is 34.1 Å². The molecule has 0 aromatic heterocycles. The van der Waals surface area contributed by atoms with Gasteiger partial charge < -0.3 is 5.11 Å². The van der Waals surface area contributed by atoms with Gasteiger partial charge in [0.2, 0.25) is 0 Å². The van der Waals surface area contributed by atoms with Gasteiger partial charge in [-0.3, -0.25) is 9.69 Å². The Kier molecular flexibility index (Phi) is 7.60. The van der Waals surface area contributed by atoms with Crippen LogP contribution in [0.25, 0.3) is 0 Å². The molecule has 1 rings (SSSR count). The van der Waals surface area contributed by atoms with Gasteiger partial charge in [-0.25, -0.2) is 4.79 Å². The second-order valence-electron chi connectivity index (χ2n) is 7.07. The van der Waals surface area contributed by atoms with Gasteiger partial charge in [-0.15, -0.1) is 0 Å². The summed E-state index contributed by atoms with van der Waals surface area (Å²) in [5.41, 5.74) is 1.46. The summed E-state index contributed by atoms with van der Waals surface area (Å²) in [6, 6.07) is 4.78. The Labute approximate surface area is 150 Å². The van der Waals surface area contributed by atoms with Gasteiger partial charge >= 0.3 is 5.97 Å². The number of benzene rings is 1. The molecule has 134 valence electrons. The summed E-state index contributed by atoms with van der Waals surface area (Å²) in [4.78, 5) is 25.4. The van der Waals surface area contributed by atoms with Crippen LogP contribution < -0.4 is 0 Å². The van der Waals surface area contributed by atoms with Crippen LogP contribution in [0, 0.1) is 17.3 Å². The molecule has 0 bridgehead atoms. The largest absolute Gasteiger partial charge is 0.478 e. The Balaban J connectivity index is 2.67. The number of hydrogen-bond acceptors (Lipinski definition) is 3. The molecule has 1 aromatic carbocycles. The van der Waals surface area contributed by atoms with E-state index in [1.807, 2.05) is 31.0 Å². The third kappa shape index (κ3) is 7.36. The van der Waals surface area contributed by atoms with E-state index in [0.29, 0.717) is 24.1 Å². The average Bonchev–Trinajstić information content (AvgIpc) is 2.52. The van der Waals surface area contributed by atoms with E-state index in [4.69, 9.17) is 5.11 Å². The van der Waals surface area contributed by atoms with Crippen molar-refractivity contribution in [2.24, 2.45) is 5.41 Å². The Bertz CT molecular complexity index is 715. The number of rotatable bonds is 7.